The van der Waals surface area contributed by atoms with Gasteiger partial charge in [0.05, 0.1) is 0 Å². The normalized spacial score (nSPS) is 25.0. The fourth-order valence-electron chi connectivity index (χ4n) is 3.36. The van der Waals surface area contributed by atoms with Crippen LogP contribution in [-0.4, -0.2) is 54.6 Å². The minimum atomic E-state index is -3.10. The first-order valence-corrected chi connectivity index (χ1v) is 9.67. The highest BCUT2D eigenvalue weighted by atomic mass is 32.2. The summed E-state index contributed by atoms with van der Waals surface area (Å²) in [4.78, 5) is 2.25. The van der Waals surface area contributed by atoms with Crippen LogP contribution in [0, 0.1) is 11.3 Å². The van der Waals surface area contributed by atoms with Crippen LogP contribution in [-0.2, 0) is 10.0 Å². The lowest BCUT2D eigenvalue weighted by Gasteiger charge is -2.49. The molecule has 2 aliphatic rings. The highest BCUT2D eigenvalue weighted by Crippen LogP contribution is 2.36. The van der Waals surface area contributed by atoms with Gasteiger partial charge in [-0.1, -0.05) is 20.8 Å². The van der Waals surface area contributed by atoms with Crippen LogP contribution in [0.4, 0.5) is 0 Å². The molecule has 0 amide bonds. The van der Waals surface area contributed by atoms with E-state index < -0.39 is 10.0 Å². The average Bonchev–Trinajstić information content (AvgIpc) is 2.23. The second kappa shape index (κ2) is 5.50. The Morgan fingerprint density at radius 3 is 1.76 bits per heavy atom. The summed E-state index contributed by atoms with van der Waals surface area (Å²) in [6.07, 6.45) is 2.00. The molecular weight excluding hydrogens is 284 g/mol. The van der Waals surface area contributed by atoms with Crippen molar-refractivity contribution < 1.29 is 8.42 Å². The van der Waals surface area contributed by atoms with E-state index in [2.05, 4.69) is 46.4 Å². The second-order valence-corrected chi connectivity index (χ2v) is 11.0. The van der Waals surface area contributed by atoms with Gasteiger partial charge in [0.1, 0.15) is 5.25 Å². The Labute approximate surface area is 130 Å². The Morgan fingerprint density at radius 2 is 1.38 bits per heavy atom. The molecule has 2 aliphatic heterocycles. The molecule has 0 aromatic carbocycles. The molecule has 0 unspecified atom stereocenters. The molecule has 0 bridgehead atoms. The fourth-order valence-corrected chi connectivity index (χ4v) is 5.24. The Balaban J connectivity index is 1.92. The molecule has 0 aromatic rings. The Morgan fingerprint density at radius 1 is 0.905 bits per heavy atom. The van der Waals surface area contributed by atoms with Crippen molar-refractivity contribution in [2.75, 3.05) is 26.2 Å². The van der Waals surface area contributed by atoms with Crippen molar-refractivity contribution in [2.45, 2.75) is 65.2 Å². The van der Waals surface area contributed by atoms with Gasteiger partial charge in [-0.25, -0.2) is 12.7 Å². The Hall–Kier alpha value is -0.130. The van der Waals surface area contributed by atoms with Crippen LogP contribution in [0.5, 0.6) is 0 Å². The molecule has 2 rings (SSSR count). The summed E-state index contributed by atoms with van der Waals surface area (Å²) in [7, 11) is -3.10. The predicted octanol–water partition coefficient (Wildman–Crippen LogP) is 2.56. The standard InChI is InChI=1S/C16H32N2O2S/c1-15(2,3)13-7-9-18(10-8-13)21(19,20)14-11-17(12-14)16(4,5)6/h13-14H,7-12H2,1-6H3. The van der Waals surface area contributed by atoms with Crippen molar-refractivity contribution in [1.29, 1.82) is 0 Å². The summed E-state index contributed by atoms with van der Waals surface area (Å²) in [6.45, 7) is 16.0. The van der Waals surface area contributed by atoms with E-state index in [1.807, 2.05) is 0 Å². The molecule has 4 nitrogen and oxygen atoms in total. The lowest BCUT2D eigenvalue weighted by molar-refractivity contribution is 0.0688. The maximum Gasteiger partial charge on any atom is 0.219 e. The van der Waals surface area contributed by atoms with Gasteiger partial charge in [-0.3, -0.25) is 4.90 Å². The maximum atomic E-state index is 12.7. The Kier molecular flexibility index (Phi) is 4.51. The molecule has 0 aliphatic carbocycles. The van der Waals surface area contributed by atoms with Crippen LogP contribution in [0.25, 0.3) is 0 Å². The van der Waals surface area contributed by atoms with E-state index in [4.69, 9.17) is 0 Å². The molecule has 21 heavy (non-hydrogen) atoms. The summed E-state index contributed by atoms with van der Waals surface area (Å²) >= 11 is 0. The monoisotopic (exact) mass is 316 g/mol. The van der Waals surface area contributed by atoms with E-state index in [0.29, 0.717) is 32.1 Å². The van der Waals surface area contributed by atoms with Gasteiger partial charge in [-0.2, -0.15) is 0 Å². The third-order valence-electron chi connectivity index (χ3n) is 5.26. The fraction of sp³-hybridized carbons (Fsp3) is 1.00. The first kappa shape index (κ1) is 17.2. The van der Waals surface area contributed by atoms with E-state index in [1.165, 1.54) is 0 Å². The topological polar surface area (TPSA) is 40.6 Å². The van der Waals surface area contributed by atoms with Crippen LogP contribution in [0.15, 0.2) is 0 Å². The SMILES string of the molecule is CC(C)(C)C1CCN(S(=O)(=O)C2CN(C(C)(C)C)C2)CC1. The van der Waals surface area contributed by atoms with Gasteiger partial charge in [-0.15, -0.1) is 0 Å². The van der Waals surface area contributed by atoms with Crippen molar-refractivity contribution >= 4 is 10.0 Å². The zero-order valence-electron chi connectivity index (χ0n) is 14.5. The van der Waals surface area contributed by atoms with Gasteiger partial charge in [0, 0.05) is 31.7 Å². The molecule has 124 valence electrons. The quantitative estimate of drug-likeness (QED) is 0.786. The summed E-state index contributed by atoms with van der Waals surface area (Å²) in [5.74, 6) is 0.636. The van der Waals surface area contributed by atoms with Crippen molar-refractivity contribution in [3.63, 3.8) is 0 Å². The van der Waals surface area contributed by atoms with Gasteiger partial charge in [0.25, 0.3) is 0 Å². The molecule has 5 heteroatoms. The van der Waals surface area contributed by atoms with Crippen LogP contribution in [0.2, 0.25) is 0 Å². The summed E-state index contributed by atoms with van der Waals surface area (Å²) in [5.41, 5.74) is 0.362. The van der Waals surface area contributed by atoms with Gasteiger partial charge >= 0.3 is 0 Å². The molecule has 2 saturated heterocycles. The summed E-state index contributed by atoms with van der Waals surface area (Å²) in [5, 5.41) is -0.192. The van der Waals surface area contributed by atoms with Crippen LogP contribution < -0.4 is 0 Å². The van der Waals surface area contributed by atoms with Crippen molar-refractivity contribution in [1.82, 2.24) is 9.21 Å². The number of likely N-dealkylation sites (tertiary alicyclic amines) is 1. The van der Waals surface area contributed by atoms with Gasteiger partial charge < -0.3 is 0 Å². The number of hydrogen-bond donors (Lipinski definition) is 0. The smallest absolute Gasteiger partial charge is 0.219 e. The van der Waals surface area contributed by atoms with E-state index in [1.54, 1.807) is 4.31 Å². The minimum Gasteiger partial charge on any atom is -0.296 e. The van der Waals surface area contributed by atoms with Crippen LogP contribution in [0.1, 0.15) is 54.4 Å². The molecule has 0 atom stereocenters. The maximum absolute atomic E-state index is 12.7. The van der Waals surface area contributed by atoms with E-state index >= 15 is 0 Å². The first-order chi connectivity index (χ1) is 9.42. The zero-order chi connectivity index (χ0) is 16.1. The number of rotatable bonds is 2. The molecule has 0 aromatic heterocycles. The molecule has 2 heterocycles. The second-order valence-electron chi connectivity index (χ2n) is 8.78. The highest BCUT2D eigenvalue weighted by Gasteiger charge is 2.45. The van der Waals surface area contributed by atoms with Crippen LogP contribution in [0.3, 0.4) is 0 Å². The highest BCUT2D eigenvalue weighted by molar-refractivity contribution is 7.89. The largest absolute Gasteiger partial charge is 0.296 e. The lowest BCUT2D eigenvalue weighted by atomic mass is 9.76. The average molecular weight is 317 g/mol. The predicted molar refractivity (Wildman–Crippen MR) is 87.8 cm³/mol. The minimum absolute atomic E-state index is 0.0747. The third-order valence-corrected chi connectivity index (χ3v) is 7.48. The van der Waals surface area contributed by atoms with E-state index in [9.17, 15) is 8.42 Å². The molecule has 0 spiro atoms. The van der Waals surface area contributed by atoms with E-state index in [-0.39, 0.29) is 16.2 Å². The molecular formula is C16H32N2O2S. The number of piperidine rings is 1. The zero-order valence-corrected chi connectivity index (χ0v) is 15.3. The number of hydrogen-bond acceptors (Lipinski definition) is 3. The van der Waals surface area contributed by atoms with E-state index in [0.717, 1.165) is 12.8 Å². The third kappa shape index (κ3) is 3.62. The van der Waals surface area contributed by atoms with Gasteiger partial charge in [0.15, 0.2) is 0 Å². The Bertz CT molecular complexity index is 459. The van der Waals surface area contributed by atoms with Crippen molar-refractivity contribution in [3.05, 3.63) is 0 Å². The summed E-state index contributed by atoms with van der Waals surface area (Å²) in [6, 6.07) is 0. The van der Waals surface area contributed by atoms with Crippen molar-refractivity contribution in [2.24, 2.45) is 11.3 Å². The number of nitrogens with zero attached hydrogens (tertiary/aromatic N) is 2. The molecule has 0 N–H and O–H groups in total. The van der Waals surface area contributed by atoms with Gasteiger partial charge in [0.2, 0.25) is 10.0 Å². The van der Waals surface area contributed by atoms with Gasteiger partial charge in [-0.05, 0) is 44.9 Å². The first-order valence-electron chi connectivity index (χ1n) is 8.16. The molecule has 0 saturated carbocycles. The summed E-state index contributed by atoms with van der Waals surface area (Å²) < 4.78 is 27.1. The lowest BCUT2D eigenvalue weighted by Crippen LogP contribution is -2.63. The molecule has 2 fully saturated rings. The molecule has 0 radical (unpaired) electrons. The van der Waals surface area contributed by atoms with Crippen molar-refractivity contribution in [3.8, 4) is 0 Å². The number of sulfonamides is 1. The van der Waals surface area contributed by atoms with Crippen LogP contribution >= 0.6 is 0 Å².